The molecule has 0 saturated heterocycles. The Balaban J connectivity index is 1.94. The third-order valence-corrected chi connectivity index (χ3v) is 4.74. The van der Waals surface area contributed by atoms with E-state index in [4.69, 9.17) is 16.3 Å². The lowest BCUT2D eigenvalue weighted by atomic mass is 9.97. The molecule has 0 N–H and O–H groups in total. The zero-order valence-electron chi connectivity index (χ0n) is 14.9. The van der Waals surface area contributed by atoms with E-state index in [0.717, 1.165) is 5.39 Å². The summed E-state index contributed by atoms with van der Waals surface area (Å²) in [7, 11) is 1.58. The summed E-state index contributed by atoms with van der Waals surface area (Å²) in [6.45, 7) is 0. The second-order valence-corrected chi connectivity index (χ2v) is 6.72. The van der Waals surface area contributed by atoms with Crippen LogP contribution in [0.25, 0.3) is 22.0 Å². The van der Waals surface area contributed by atoms with Gasteiger partial charge >= 0.3 is 0 Å². The molecule has 5 heteroatoms. The first-order valence-electron chi connectivity index (χ1n) is 8.60. The van der Waals surface area contributed by atoms with Crippen molar-refractivity contribution < 1.29 is 13.9 Å². The molecule has 4 rings (SSSR count). The van der Waals surface area contributed by atoms with Crippen molar-refractivity contribution >= 4 is 28.3 Å². The summed E-state index contributed by atoms with van der Waals surface area (Å²) >= 11 is 5.91. The number of nitrogens with zero attached hydrogens (tertiary/aromatic N) is 1. The van der Waals surface area contributed by atoms with Crippen molar-refractivity contribution in [2.24, 2.45) is 0 Å². The standard InChI is InChI=1S/C23H15ClFNO2/c1-28-18-9-10-21-20(12-18)19(15-3-2-4-17(25)11-15)13-22(26-21)23(27)14-5-7-16(24)8-6-14/h2-13H,1H3. The van der Waals surface area contributed by atoms with Crippen molar-refractivity contribution in [2.45, 2.75) is 0 Å². The maximum absolute atomic E-state index is 13.8. The Hall–Kier alpha value is -3.24. The lowest BCUT2D eigenvalue weighted by Gasteiger charge is -2.11. The highest BCUT2D eigenvalue weighted by Gasteiger charge is 2.16. The number of benzene rings is 3. The summed E-state index contributed by atoms with van der Waals surface area (Å²) in [5, 5.41) is 1.33. The smallest absolute Gasteiger partial charge is 0.211 e. The molecule has 1 aromatic heterocycles. The van der Waals surface area contributed by atoms with Crippen LogP contribution >= 0.6 is 11.6 Å². The van der Waals surface area contributed by atoms with Gasteiger partial charge < -0.3 is 4.74 Å². The van der Waals surface area contributed by atoms with E-state index in [9.17, 15) is 9.18 Å². The van der Waals surface area contributed by atoms with Crippen LogP contribution in [0.1, 0.15) is 16.1 Å². The second kappa shape index (κ2) is 7.41. The van der Waals surface area contributed by atoms with Gasteiger partial charge in [-0.1, -0.05) is 23.7 Å². The van der Waals surface area contributed by atoms with Gasteiger partial charge in [-0.25, -0.2) is 9.37 Å². The fourth-order valence-electron chi connectivity index (χ4n) is 3.09. The number of hydrogen-bond acceptors (Lipinski definition) is 3. The summed E-state index contributed by atoms with van der Waals surface area (Å²) in [4.78, 5) is 17.5. The molecule has 3 nitrogen and oxygen atoms in total. The van der Waals surface area contributed by atoms with Crippen molar-refractivity contribution in [1.82, 2.24) is 4.98 Å². The number of ether oxygens (including phenoxy) is 1. The molecule has 0 amide bonds. The maximum atomic E-state index is 13.8. The number of pyridine rings is 1. The molecule has 4 aromatic rings. The van der Waals surface area contributed by atoms with E-state index in [1.165, 1.54) is 12.1 Å². The molecule has 3 aromatic carbocycles. The third kappa shape index (κ3) is 3.47. The fourth-order valence-corrected chi connectivity index (χ4v) is 3.22. The first-order valence-corrected chi connectivity index (χ1v) is 8.98. The second-order valence-electron chi connectivity index (χ2n) is 6.28. The van der Waals surface area contributed by atoms with E-state index in [0.29, 0.717) is 33.0 Å². The molecule has 28 heavy (non-hydrogen) atoms. The molecule has 0 bridgehead atoms. The van der Waals surface area contributed by atoms with Crippen LogP contribution in [-0.4, -0.2) is 17.9 Å². The van der Waals surface area contributed by atoms with Gasteiger partial charge in [0, 0.05) is 16.0 Å². The van der Waals surface area contributed by atoms with Crippen LogP contribution in [0.4, 0.5) is 4.39 Å². The maximum Gasteiger partial charge on any atom is 0.211 e. The van der Waals surface area contributed by atoms with E-state index < -0.39 is 0 Å². The molecule has 0 fully saturated rings. The number of rotatable bonds is 4. The van der Waals surface area contributed by atoms with Gasteiger partial charge in [0.05, 0.1) is 12.6 Å². The Kier molecular flexibility index (Phi) is 4.80. The minimum atomic E-state index is -0.351. The zero-order valence-corrected chi connectivity index (χ0v) is 15.7. The third-order valence-electron chi connectivity index (χ3n) is 4.49. The van der Waals surface area contributed by atoms with Crippen molar-refractivity contribution in [3.8, 4) is 16.9 Å². The summed E-state index contributed by atoms with van der Waals surface area (Å²) in [5.74, 6) is 0.0757. The van der Waals surface area contributed by atoms with Crippen molar-refractivity contribution in [3.63, 3.8) is 0 Å². The molecular weight excluding hydrogens is 377 g/mol. The molecule has 0 aliphatic rings. The van der Waals surface area contributed by atoms with Crippen LogP contribution in [0.2, 0.25) is 5.02 Å². The number of halogens is 2. The van der Waals surface area contributed by atoms with Gasteiger partial charge in [0.15, 0.2) is 0 Å². The van der Waals surface area contributed by atoms with Crippen molar-refractivity contribution in [3.05, 3.63) is 94.9 Å². The Morgan fingerprint density at radius 3 is 2.50 bits per heavy atom. The predicted molar refractivity (Wildman–Crippen MR) is 109 cm³/mol. The topological polar surface area (TPSA) is 39.2 Å². The Morgan fingerprint density at radius 1 is 1.00 bits per heavy atom. The molecular formula is C23H15ClFNO2. The first-order chi connectivity index (χ1) is 13.5. The van der Waals surface area contributed by atoms with Gasteiger partial charge in [0.2, 0.25) is 5.78 Å². The number of carbonyl (C=O) groups excluding carboxylic acids is 1. The van der Waals surface area contributed by atoms with E-state index in [1.54, 1.807) is 61.7 Å². The van der Waals surface area contributed by atoms with Gasteiger partial charge in [0.25, 0.3) is 0 Å². The van der Waals surface area contributed by atoms with Crippen LogP contribution in [0, 0.1) is 5.82 Å². The molecule has 0 spiro atoms. The highest BCUT2D eigenvalue weighted by Crippen LogP contribution is 2.32. The lowest BCUT2D eigenvalue weighted by molar-refractivity contribution is 0.103. The Morgan fingerprint density at radius 2 is 1.79 bits per heavy atom. The van der Waals surface area contributed by atoms with Crippen LogP contribution in [0.5, 0.6) is 5.75 Å². The van der Waals surface area contributed by atoms with Gasteiger partial charge in [-0.3, -0.25) is 4.79 Å². The molecule has 0 aliphatic carbocycles. The predicted octanol–water partition coefficient (Wildman–Crippen LogP) is 5.93. The summed E-state index contributed by atoms with van der Waals surface area (Å²) in [5.41, 5.74) is 2.75. The largest absolute Gasteiger partial charge is 0.497 e. The number of methoxy groups -OCH3 is 1. The molecule has 0 radical (unpaired) electrons. The molecule has 138 valence electrons. The quantitative estimate of drug-likeness (QED) is 0.404. The van der Waals surface area contributed by atoms with Crippen molar-refractivity contribution in [1.29, 1.82) is 0 Å². The summed E-state index contributed by atoms with van der Waals surface area (Å²) in [6.07, 6.45) is 0. The van der Waals surface area contributed by atoms with Crippen LogP contribution in [-0.2, 0) is 0 Å². The lowest BCUT2D eigenvalue weighted by Crippen LogP contribution is -2.05. The minimum absolute atomic E-state index is 0.230. The van der Waals surface area contributed by atoms with E-state index in [1.807, 2.05) is 6.07 Å². The number of hydrogen-bond donors (Lipinski definition) is 0. The number of aromatic nitrogens is 1. The highest BCUT2D eigenvalue weighted by atomic mass is 35.5. The highest BCUT2D eigenvalue weighted by molar-refractivity contribution is 6.30. The van der Waals surface area contributed by atoms with Gasteiger partial charge in [-0.15, -0.1) is 0 Å². The average Bonchev–Trinajstić information content (AvgIpc) is 2.72. The molecule has 1 heterocycles. The summed E-state index contributed by atoms with van der Waals surface area (Å²) < 4.78 is 19.2. The molecule has 0 atom stereocenters. The number of fused-ring (bicyclic) bond motifs is 1. The van der Waals surface area contributed by atoms with E-state index in [2.05, 4.69) is 4.98 Å². The van der Waals surface area contributed by atoms with E-state index >= 15 is 0 Å². The normalized spacial score (nSPS) is 10.8. The van der Waals surface area contributed by atoms with Crippen LogP contribution in [0.15, 0.2) is 72.8 Å². The molecule has 0 aliphatic heterocycles. The fraction of sp³-hybridized carbons (Fsp3) is 0.0435. The SMILES string of the molecule is COc1ccc2nc(C(=O)c3ccc(Cl)cc3)cc(-c3cccc(F)c3)c2c1. The molecule has 0 unspecified atom stereocenters. The Bertz CT molecular complexity index is 1190. The van der Waals surface area contributed by atoms with E-state index in [-0.39, 0.29) is 17.3 Å². The van der Waals surface area contributed by atoms with Gasteiger partial charge in [0.1, 0.15) is 17.3 Å². The van der Waals surface area contributed by atoms with Crippen LogP contribution in [0.3, 0.4) is 0 Å². The average molecular weight is 392 g/mol. The van der Waals surface area contributed by atoms with Gasteiger partial charge in [-0.2, -0.15) is 0 Å². The zero-order chi connectivity index (χ0) is 19.7. The number of carbonyl (C=O) groups is 1. The minimum Gasteiger partial charge on any atom is -0.497 e. The molecule has 0 saturated carbocycles. The Labute approximate surface area is 166 Å². The van der Waals surface area contributed by atoms with Gasteiger partial charge in [-0.05, 0) is 71.8 Å². The first kappa shape index (κ1) is 18.1. The van der Waals surface area contributed by atoms with Crippen molar-refractivity contribution in [2.75, 3.05) is 7.11 Å². The van der Waals surface area contributed by atoms with Crippen LogP contribution < -0.4 is 4.74 Å². The number of ketones is 1. The monoisotopic (exact) mass is 391 g/mol. The summed E-state index contributed by atoms with van der Waals surface area (Å²) in [6, 6.07) is 20.0.